The molecule has 10 nitrogen and oxygen atoms in total. The molecule has 0 bridgehead atoms. The highest BCUT2D eigenvalue weighted by Gasteiger charge is 2.27. The lowest BCUT2D eigenvalue weighted by Crippen LogP contribution is -2.29. The zero-order chi connectivity index (χ0) is 41.9. The van der Waals surface area contributed by atoms with Crippen molar-refractivity contribution < 1.29 is 47.8 Å². The molecule has 0 radical (unpaired) electrons. The number of carbonyl (C=O) groups excluding carboxylic acids is 2. The number of aliphatic hydroxyl groups is 2. The molecule has 0 amide bonds. The van der Waals surface area contributed by atoms with E-state index in [2.05, 4.69) is 74.6 Å². The van der Waals surface area contributed by atoms with Gasteiger partial charge in [0.05, 0.1) is 19.8 Å². The fraction of sp³-hybridized carbons (Fsp3) is 0.739. The molecule has 0 fully saturated rings. The molecule has 0 saturated heterocycles. The molecule has 0 rings (SSSR count). The number of hydrogen-bond donors (Lipinski definition) is 3. The van der Waals surface area contributed by atoms with Crippen LogP contribution in [-0.4, -0.2) is 65.7 Å². The predicted octanol–water partition coefficient (Wildman–Crippen LogP) is 11.9. The second-order valence-electron chi connectivity index (χ2n) is 14.7. The Kier molecular flexibility index (Phi) is 40.1. The van der Waals surface area contributed by atoms with Crippen LogP contribution in [0.5, 0.6) is 0 Å². The molecular formula is C46H81O10P. The largest absolute Gasteiger partial charge is 0.472 e. The van der Waals surface area contributed by atoms with Crippen molar-refractivity contribution >= 4 is 19.8 Å². The van der Waals surface area contributed by atoms with Gasteiger partial charge in [-0.15, -0.1) is 0 Å². The van der Waals surface area contributed by atoms with Crippen molar-refractivity contribution in [3.63, 3.8) is 0 Å². The lowest BCUT2D eigenvalue weighted by Gasteiger charge is -2.20. The molecule has 0 heterocycles. The Labute approximate surface area is 346 Å². The first-order chi connectivity index (χ1) is 27.7. The van der Waals surface area contributed by atoms with Gasteiger partial charge in [0.2, 0.25) is 0 Å². The van der Waals surface area contributed by atoms with Gasteiger partial charge in [0.15, 0.2) is 6.10 Å². The Morgan fingerprint density at radius 3 is 1.46 bits per heavy atom. The maximum absolute atomic E-state index is 12.6. The maximum atomic E-state index is 12.6. The van der Waals surface area contributed by atoms with E-state index in [4.69, 9.17) is 23.6 Å². The van der Waals surface area contributed by atoms with Crippen molar-refractivity contribution in [2.24, 2.45) is 0 Å². The maximum Gasteiger partial charge on any atom is 0.472 e. The number of aliphatic hydroxyl groups excluding tert-OH is 2. The zero-order valence-electron chi connectivity index (χ0n) is 35.8. The minimum absolute atomic E-state index is 0.173. The van der Waals surface area contributed by atoms with Gasteiger partial charge in [-0.25, -0.2) is 4.57 Å². The number of ether oxygens (including phenoxy) is 2. The molecular weight excluding hydrogens is 743 g/mol. The molecule has 0 aromatic carbocycles. The Morgan fingerprint density at radius 2 is 0.965 bits per heavy atom. The van der Waals surface area contributed by atoms with E-state index in [1.165, 1.54) is 57.8 Å². The quantitative estimate of drug-likeness (QED) is 0.0235. The van der Waals surface area contributed by atoms with Gasteiger partial charge in [0.25, 0.3) is 0 Å². The normalized spacial score (nSPS) is 14.4. The highest BCUT2D eigenvalue weighted by atomic mass is 31.2. The fourth-order valence-corrected chi connectivity index (χ4v) is 6.53. The molecule has 0 aliphatic carbocycles. The number of carbonyl (C=O) groups is 2. The fourth-order valence-electron chi connectivity index (χ4n) is 5.74. The van der Waals surface area contributed by atoms with Crippen molar-refractivity contribution in [3.8, 4) is 0 Å². The Bertz CT molecular complexity index is 1130. The number of rotatable bonds is 41. The third kappa shape index (κ3) is 41.6. The number of hydrogen-bond acceptors (Lipinski definition) is 9. The Hall–Kier alpha value is -2.33. The average molecular weight is 825 g/mol. The third-order valence-corrected chi connectivity index (χ3v) is 10.1. The van der Waals surface area contributed by atoms with Crippen LogP contribution in [0, 0.1) is 0 Å². The van der Waals surface area contributed by atoms with Gasteiger partial charge in [-0.05, 0) is 77.0 Å². The van der Waals surface area contributed by atoms with Crippen LogP contribution in [-0.2, 0) is 32.7 Å². The Balaban J connectivity index is 4.30. The highest BCUT2D eigenvalue weighted by molar-refractivity contribution is 7.47. The molecule has 0 aromatic rings. The molecule has 1 unspecified atom stereocenters. The van der Waals surface area contributed by atoms with Crippen LogP contribution < -0.4 is 0 Å². The SMILES string of the molecule is CC/C=C\C/C=C\C/C=C\CCCCCCCC(=O)OC[C@H](COP(=O)(O)OC[C@@H](O)CO)OC(=O)CCCCCCCCCCC/C=C\C/C=C\CCCCC. The van der Waals surface area contributed by atoms with Gasteiger partial charge in [0.1, 0.15) is 12.7 Å². The number of unbranched alkanes of at least 4 members (excludes halogenated alkanes) is 17. The standard InChI is InChI=1S/C46H81O10P/c1-3-5-7-9-11-13-15-17-19-20-21-22-24-26-28-30-32-34-36-38-46(50)56-44(42-55-57(51,52)54-40-43(48)39-47)41-53-45(49)37-35-33-31-29-27-25-23-18-16-14-12-10-8-6-4-2/h6,8,11-14,17-19,23,43-44,47-48H,3-5,7,9-10,15-16,20-22,24-42H2,1-2H3,(H,51,52)/b8-6-,13-11-,14-12-,19-17-,23-18-/t43-,44+/m0/s1. The summed E-state index contributed by atoms with van der Waals surface area (Å²) < 4.78 is 32.7. The number of phosphoric ester groups is 1. The van der Waals surface area contributed by atoms with Crippen molar-refractivity contribution in [2.75, 3.05) is 26.4 Å². The van der Waals surface area contributed by atoms with Crippen molar-refractivity contribution in [1.29, 1.82) is 0 Å². The van der Waals surface area contributed by atoms with Crippen LogP contribution in [0.2, 0.25) is 0 Å². The van der Waals surface area contributed by atoms with Crippen molar-refractivity contribution in [1.82, 2.24) is 0 Å². The highest BCUT2D eigenvalue weighted by Crippen LogP contribution is 2.43. The summed E-state index contributed by atoms with van der Waals surface area (Å²) in [5, 5.41) is 18.3. The van der Waals surface area contributed by atoms with E-state index in [1.54, 1.807) is 0 Å². The first-order valence-electron chi connectivity index (χ1n) is 22.2. The monoisotopic (exact) mass is 825 g/mol. The second kappa shape index (κ2) is 41.8. The minimum atomic E-state index is -4.63. The summed E-state index contributed by atoms with van der Waals surface area (Å²) in [5.41, 5.74) is 0. The lowest BCUT2D eigenvalue weighted by molar-refractivity contribution is -0.161. The van der Waals surface area contributed by atoms with E-state index < -0.39 is 51.8 Å². The van der Waals surface area contributed by atoms with E-state index in [1.807, 2.05) is 0 Å². The first kappa shape index (κ1) is 54.7. The van der Waals surface area contributed by atoms with E-state index in [0.717, 1.165) is 83.5 Å². The minimum Gasteiger partial charge on any atom is -0.462 e. The third-order valence-electron chi connectivity index (χ3n) is 9.16. The topological polar surface area (TPSA) is 149 Å². The lowest BCUT2D eigenvalue weighted by atomic mass is 10.1. The molecule has 11 heteroatoms. The van der Waals surface area contributed by atoms with Crippen LogP contribution in [0.3, 0.4) is 0 Å². The zero-order valence-corrected chi connectivity index (χ0v) is 36.7. The molecule has 330 valence electrons. The van der Waals surface area contributed by atoms with Gasteiger partial charge >= 0.3 is 19.8 Å². The summed E-state index contributed by atoms with van der Waals surface area (Å²) in [4.78, 5) is 35.0. The average Bonchev–Trinajstić information content (AvgIpc) is 3.20. The van der Waals surface area contributed by atoms with Crippen LogP contribution in [0.25, 0.3) is 0 Å². The summed E-state index contributed by atoms with van der Waals surface area (Å²) in [5.74, 6) is -0.952. The van der Waals surface area contributed by atoms with Gasteiger partial charge in [0, 0.05) is 12.8 Å². The van der Waals surface area contributed by atoms with E-state index in [0.29, 0.717) is 12.8 Å². The molecule has 0 aliphatic heterocycles. The second-order valence-corrected chi connectivity index (χ2v) is 16.1. The van der Waals surface area contributed by atoms with E-state index in [9.17, 15) is 24.2 Å². The first-order valence-corrected chi connectivity index (χ1v) is 23.7. The number of esters is 2. The molecule has 3 atom stereocenters. The number of phosphoric acid groups is 1. The van der Waals surface area contributed by atoms with E-state index >= 15 is 0 Å². The summed E-state index contributed by atoms with van der Waals surface area (Å²) in [7, 11) is -4.63. The van der Waals surface area contributed by atoms with Gasteiger partial charge in [-0.1, -0.05) is 152 Å². The van der Waals surface area contributed by atoms with Crippen LogP contribution in [0.15, 0.2) is 60.8 Å². The summed E-state index contributed by atoms with van der Waals surface area (Å²) in [6.45, 7) is 2.22. The van der Waals surface area contributed by atoms with Crippen LogP contribution >= 0.6 is 7.82 Å². The van der Waals surface area contributed by atoms with Crippen LogP contribution in [0.1, 0.15) is 181 Å². The van der Waals surface area contributed by atoms with Crippen LogP contribution in [0.4, 0.5) is 0 Å². The van der Waals surface area contributed by atoms with Gasteiger partial charge < -0.3 is 24.6 Å². The van der Waals surface area contributed by atoms with Crippen molar-refractivity contribution in [3.05, 3.63) is 60.8 Å². The molecule has 3 N–H and O–H groups in total. The van der Waals surface area contributed by atoms with Gasteiger partial charge in [-0.3, -0.25) is 18.6 Å². The summed E-state index contributed by atoms with van der Waals surface area (Å²) in [6, 6.07) is 0. The number of allylic oxidation sites excluding steroid dienone is 10. The molecule has 0 aromatic heterocycles. The Morgan fingerprint density at radius 1 is 0.544 bits per heavy atom. The summed E-state index contributed by atoms with van der Waals surface area (Å²) in [6.07, 6.45) is 46.1. The van der Waals surface area contributed by atoms with E-state index in [-0.39, 0.29) is 19.4 Å². The smallest absolute Gasteiger partial charge is 0.462 e. The molecule has 0 aliphatic rings. The molecule has 0 saturated carbocycles. The van der Waals surface area contributed by atoms with Crippen molar-refractivity contribution in [2.45, 2.75) is 193 Å². The summed E-state index contributed by atoms with van der Waals surface area (Å²) >= 11 is 0. The van der Waals surface area contributed by atoms with Gasteiger partial charge in [-0.2, -0.15) is 0 Å². The molecule has 57 heavy (non-hydrogen) atoms. The predicted molar refractivity (Wildman–Crippen MR) is 233 cm³/mol. The molecule has 0 spiro atoms.